The van der Waals surface area contributed by atoms with Gasteiger partial charge >= 0.3 is 5.63 Å². The van der Waals surface area contributed by atoms with Gasteiger partial charge in [0.1, 0.15) is 6.26 Å². The number of aryl methyl sites for hydroxylation is 1. The molecule has 0 N–H and O–H groups in total. The van der Waals surface area contributed by atoms with Gasteiger partial charge in [-0.15, -0.1) is 11.3 Å². The van der Waals surface area contributed by atoms with Crippen LogP contribution < -0.4 is 5.63 Å². The zero-order chi connectivity index (χ0) is 21.6. The zero-order valence-corrected chi connectivity index (χ0v) is 19.1. The number of likely N-dealkylation sites (tertiary alicyclic amines) is 2. The van der Waals surface area contributed by atoms with E-state index in [2.05, 4.69) is 24.8 Å². The Kier molecular flexibility index (Phi) is 5.52. The molecule has 5 rings (SSSR count). The number of piperidine rings is 1. The molecule has 2 saturated heterocycles. The van der Waals surface area contributed by atoms with E-state index in [1.54, 1.807) is 6.07 Å². The molecule has 0 unspecified atom stereocenters. The molecule has 0 aliphatic carbocycles. The summed E-state index contributed by atoms with van der Waals surface area (Å²) in [5.41, 5.74) is 1.37. The van der Waals surface area contributed by atoms with Crippen molar-refractivity contribution in [2.24, 2.45) is 5.92 Å². The molecule has 3 aliphatic heterocycles. The van der Waals surface area contributed by atoms with E-state index in [9.17, 15) is 9.59 Å². The summed E-state index contributed by atoms with van der Waals surface area (Å²) in [6.45, 7) is 8.96. The first-order valence-electron chi connectivity index (χ1n) is 11.4. The summed E-state index contributed by atoms with van der Waals surface area (Å²) in [6, 6.07) is 5.70. The van der Waals surface area contributed by atoms with Gasteiger partial charge in [-0.2, -0.15) is 0 Å². The van der Waals surface area contributed by atoms with Crippen molar-refractivity contribution < 1.29 is 13.9 Å². The maximum atomic E-state index is 12.5. The van der Waals surface area contributed by atoms with Crippen LogP contribution in [0.4, 0.5) is 0 Å². The van der Waals surface area contributed by atoms with Crippen LogP contribution in [0.2, 0.25) is 0 Å². The van der Waals surface area contributed by atoms with Crippen molar-refractivity contribution in [3.05, 3.63) is 55.8 Å². The number of hydrogen-bond donors (Lipinski definition) is 0. The molecule has 7 heteroatoms. The third-order valence-electron chi connectivity index (χ3n) is 7.14. The summed E-state index contributed by atoms with van der Waals surface area (Å²) in [6.07, 6.45) is 5.50. The smallest absolute Gasteiger partial charge is 0.335 e. The number of carbonyl (C=O) groups is 1. The van der Waals surface area contributed by atoms with Crippen LogP contribution in [0.25, 0.3) is 0 Å². The number of nitrogens with zero attached hydrogens (tertiary/aromatic N) is 2. The van der Waals surface area contributed by atoms with E-state index in [1.165, 1.54) is 27.6 Å². The Bertz CT molecular complexity index is 1000. The Hall–Kier alpha value is -1.96. The van der Waals surface area contributed by atoms with Crippen LogP contribution in [-0.4, -0.2) is 54.5 Å². The van der Waals surface area contributed by atoms with E-state index in [-0.39, 0.29) is 11.5 Å². The van der Waals surface area contributed by atoms with Gasteiger partial charge in [0.15, 0.2) is 0 Å². The molecule has 31 heavy (non-hydrogen) atoms. The Labute approximate surface area is 186 Å². The summed E-state index contributed by atoms with van der Waals surface area (Å²) >= 11 is 1.98. The highest BCUT2D eigenvalue weighted by Crippen LogP contribution is 2.46. The molecule has 0 bridgehead atoms. The average molecular weight is 443 g/mol. The van der Waals surface area contributed by atoms with Crippen LogP contribution in [0.1, 0.15) is 52.4 Å². The van der Waals surface area contributed by atoms with Crippen LogP contribution >= 0.6 is 11.3 Å². The lowest BCUT2D eigenvalue weighted by Gasteiger charge is -2.49. The Morgan fingerprint density at radius 1 is 1.32 bits per heavy atom. The fraction of sp³-hybridized carbons (Fsp3) is 0.583. The summed E-state index contributed by atoms with van der Waals surface area (Å²) in [4.78, 5) is 31.0. The lowest BCUT2D eigenvalue weighted by atomic mass is 9.79. The fourth-order valence-electron chi connectivity index (χ4n) is 5.39. The molecule has 0 aromatic carbocycles. The maximum absolute atomic E-state index is 12.5. The van der Waals surface area contributed by atoms with Gasteiger partial charge in [0, 0.05) is 60.4 Å². The maximum Gasteiger partial charge on any atom is 0.335 e. The number of rotatable bonds is 4. The minimum atomic E-state index is -0.433. The molecule has 0 saturated carbocycles. The molecule has 166 valence electrons. The van der Waals surface area contributed by atoms with Crippen molar-refractivity contribution >= 4 is 17.2 Å². The molecule has 1 amide bonds. The van der Waals surface area contributed by atoms with E-state index >= 15 is 0 Å². The van der Waals surface area contributed by atoms with E-state index in [4.69, 9.17) is 9.15 Å². The van der Waals surface area contributed by atoms with Gasteiger partial charge in [0.25, 0.3) is 5.91 Å². The summed E-state index contributed by atoms with van der Waals surface area (Å²) < 4.78 is 11.3. The molecule has 2 atom stereocenters. The second-order valence-electron chi connectivity index (χ2n) is 9.21. The molecule has 2 aromatic heterocycles. The van der Waals surface area contributed by atoms with Crippen LogP contribution in [0, 0.1) is 5.92 Å². The van der Waals surface area contributed by atoms with Crippen LogP contribution in [-0.2, 0) is 23.2 Å². The van der Waals surface area contributed by atoms with Gasteiger partial charge in [0.05, 0.1) is 17.8 Å². The predicted molar refractivity (Wildman–Crippen MR) is 120 cm³/mol. The summed E-state index contributed by atoms with van der Waals surface area (Å²) in [5.74, 6) is 0.435. The predicted octanol–water partition coefficient (Wildman–Crippen LogP) is 3.29. The highest BCUT2D eigenvalue weighted by atomic mass is 32.1. The molecule has 1 spiro atoms. The highest BCUT2D eigenvalue weighted by Gasteiger charge is 2.45. The number of hydrogen-bond acceptors (Lipinski definition) is 6. The first-order valence-corrected chi connectivity index (χ1v) is 12.2. The number of thiophene rings is 1. The lowest BCUT2D eigenvalue weighted by molar-refractivity contribution is -0.114. The van der Waals surface area contributed by atoms with Crippen LogP contribution in [0.5, 0.6) is 0 Å². The van der Waals surface area contributed by atoms with Gasteiger partial charge in [-0.05, 0) is 43.9 Å². The monoisotopic (exact) mass is 442 g/mol. The van der Waals surface area contributed by atoms with Gasteiger partial charge in [-0.25, -0.2) is 4.79 Å². The quantitative estimate of drug-likeness (QED) is 0.727. The topological polar surface area (TPSA) is 63.0 Å². The molecule has 2 aromatic rings. The van der Waals surface area contributed by atoms with Gasteiger partial charge < -0.3 is 19.0 Å². The largest absolute Gasteiger partial charge is 0.430 e. The van der Waals surface area contributed by atoms with Crippen molar-refractivity contribution in [3.8, 4) is 0 Å². The Morgan fingerprint density at radius 3 is 2.87 bits per heavy atom. The molecule has 5 heterocycles. The van der Waals surface area contributed by atoms with Crippen LogP contribution in [0.3, 0.4) is 0 Å². The van der Waals surface area contributed by atoms with E-state index in [0.717, 1.165) is 58.5 Å². The minimum Gasteiger partial charge on any atom is -0.430 e. The first-order chi connectivity index (χ1) is 15.0. The van der Waals surface area contributed by atoms with Gasteiger partial charge in [-0.1, -0.05) is 6.92 Å². The van der Waals surface area contributed by atoms with E-state index < -0.39 is 5.63 Å². The fourth-order valence-corrected chi connectivity index (χ4v) is 6.57. The number of fused-ring (bicyclic) bond motifs is 2. The third-order valence-corrected chi connectivity index (χ3v) is 8.48. The van der Waals surface area contributed by atoms with E-state index in [1.807, 2.05) is 16.2 Å². The lowest BCUT2D eigenvalue weighted by Crippen LogP contribution is -2.57. The van der Waals surface area contributed by atoms with Crippen molar-refractivity contribution in [1.29, 1.82) is 0 Å². The summed E-state index contributed by atoms with van der Waals surface area (Å²) in [7, 11) is 0. The molecular formula is C24H30N2O4S. The number of amides is 1. The zero-order valence-electron chi connectivity index (χ0n) is 18.3. The third kappa shape index (κ3) is 3.88. The minimum absolute atomic E-state index is 0.0574. The van der Waals surface area contributed by atoms with Crippen molar-refractivity contribution in [2.75, 3.05) is 32.8 Å². The SMILES string of the molecule is CCc1cc2c(s1)CCO[C@@]21CCN(CC2CN(C(=O)c3ccc(=O)oc3)C2)[C@@H](C)C1. The molecular weight excluding hydrogens is 412 g/mol. The second kappa shape index (κ2) is 8.19. The highest BCUT2D eigenvalue weighted by molar-refractivity contribution is 7.12. The first kappa shape index (κ1) is 20.9. The molecule has 2 fully saturated rings. The normalized spacial score (nSPS) is 26.6. The Balaban J connectivity index is 1.18. The Morgan fingerprint density at radius 2 is 2.16 bits per heavy atom. The van der Waals surface area contributed by atoms with Crippen molar-refractivity contribution in [3.63, 3.8) is 0 Å². The van der Waals surface area contributed by atoms with Gasteiger partial charge in [-0.3, -0.25) is 4.79 Å². The average Bonchev–Trinajstić information content (AvgIpc) is 3.17. The number of ether oxygens (including phenoxy) is 1. The summed E-state index contributed by atoms with van der Waals surface area (Å²) in [5, 5.41) is 0. The van der Waals surface area contributed by atoms with Gasteiger partial charge in [0.2, 0.25) is 0 Å². The second-order valence-corrected chi connectivity index (χ2v) is 10.4. The molecule has 3 aliphatic rings. The number of carbonyl (C=O) groups excluding carboxylic acids is 1. The van der Waals surface area contributed by atoms with Crippen LogP contribution in [0.15, 0.2) is 33.7 Å². The van der Waals surface area contributed by atoms with Crippen molar-refractivity contribution in [1.82, 2.24) is 9.80 Å². The standard InChI is InChI=1S/C24H30N2O4S/c1-3-19-10-20-21(31-19)6-9-30-24(20)7-8-25(16(2)11-24)12-17-13-26(14-17)23(28)18-4-5-22(27)29-15-18/h4-5,10,15-17H,3,6-9,11-14H2,1-2H3/t16-,24+/m0/s1. The van der Waals surface area contributed by atoms with Crippen molar-refractivity contribution in [2.45, 2.75) is 51.2 Å². The molecule has 0 radical (unpaired) electrons. The van der Waals surface area contributed by atoms with E-state index in [0.29, 0.717) is 17.5 Å². The molecule has 6 nitrogen and oxygen atoms in total.